The molecule has 1 aromatic heterocycles. The first-order valence-electron chi connectivity index (χ1n) is 3.61. The highest BCUT2D eigenvalue weighted by atomic mass is 16.5. The smallest absolute Gasteiger partial charge is 0.327 e. The van der Waals surface area contributed by atoms with Gasteiger partial charge in [-0.05, 0) is 0 Å². The molecule has 0 N–H and O–H groups in total. The van der Waals surface area contributed by atoms with E-state index in [2.05, 4.69) is 15.0 Å². The van der Waals surface area contributed by atoms with Crippen LogP contribution in [0.3, 0.4) is 0 Å². The number of nitrogens with zero attached hydrogens (tertiary/aromatic N) is 3. The molecule has 0 amide bonds. The third-order valence-corrected chi connectivity index (χ3v) is 1.42. The maximum Gasteiger partial charge on any atom is 0.327 e. The van der Waals surface area contributed by atoms with Crippen LogP contribution in [0.25, 0.3) is 0 Å². The monoisotopic (exact) mass is 183 g/mol. The highest BCUT2D eigenvalue weighted by Gasteiger charge is 2.07. The number of ether oxygens (including phenoxy) is 1. The van der Waals surface area contributed by atoms with Crippen LogP contribution in [0.15, 0.2) is 6.20 Å². The van der Waals surface area contributed by atoms with Crippen LogP contribution in [0.5, 0.6) is 0 Å². The molecule has 0 spiro atoms. The molecule has 0 fully saturated rings. The summed E-state index contributed by atoms with van der Waals surface area (Å²) in [5.41, 5.74) is 0.240. The van der Waals surface area contributed by atoms with E-state index in [-0.39, 0.29) is 18.0 Å². The number of carbonyl (C=O) groups is 2. The topological polar surface area (TPSA) is 74.1 Å². The third-order valence-electron chi connectivity index (χ3n) is 1.42. The third kappa shape index (κ3) is 2.36. The van der Waals surface area contributed by atoms with Crippen LogP contribution in [-0.4, -0.2) is 33.9 Å². The van der Waals surface area contributed by atoms with E-state index in [1.54, 1.807) is 0 Å². The van der Waals surface area contributed by atoms with Gasteiger partial charge in [-0.15, -0.1) is 5.10 Å². The number of ketones is 1. The van der Waals surface area contributed by atoms with E-state index in [1.807, 2.05) is 0 Å². The van der Waals surface area contributed by atoms with E-state index in [9.17, 15) is 9.59 Å². The molecule has 6 heteroatoms. The fourth-order valence-electron chi connectivity index (χ4n) is 0.734. The van der Waals surface area contributed by atoms with Gasteiger partial charge in [-0.2, -0.15) is 0 Å². The Hall–Kier alpha value is -1.72. The molecule has 0 aliphatic carbocycles. The summed E-state index contributed by atoms with van der Waals surface area (Å²) in [6, 6.07) is 0. The van der Waals surface area contributed by atoms with Crippen molar-refractivity contribution in [3.8, 4) is 0 Å². The molecule has 70 valence electrons. The van der Waals surface area contributed by atoms with Crippen molar-refractivity contribution in [2.24, 2.45) is 0 Å². The maximum absolute atomic E-state index is 10.8. The van der Waals surface area contributed by atoms with Gasteiger partial charge in [0.15, 0.2) is 5.78 Å². The fraction of sp³-hybridized carbons (Fsp3) is 0.429. The first-order valence-corrected chi connectivity index (χ1v) is 3.61. The predicted molar refractivity (Wildman–Crippen MR) is 42.0 cm³/mol. The number of rotatable bonds is 3. The summed E-state index contributed by atoms with van der Waals surface area (Å²) in [5.74, 6) is -0.615. The minimum absolute atomic E-state index is 0.0310. The van der Waals surface area contributed by atoms with Gasteiger partial charge in [-0.3, -0.25) is 9.59 Å². The second-order valence-corrected chi connectivity index (χ2v) is 2.43. The van der Waals surface area contributed by atoms with E-state index >= 15 is 0 Å². The lowest BCUT2D eigenvalue weighted by molar-refractivity contribution is -0.141. The molecule has 0 atom stereocenters. The Balaban J connectivity index is 2.69. The van der Waals surface area contributed by atoms with Crippen molar-refractivity contribution in [2.45, 2.75) is 13.5 Å². The highest BCUT2D eigenvalue weighted by Crippen LogP contribution is 1.94. The van der Waals surface area contributed by atoms with Crippen LogP contribution < -0.4 is 0 Å². The maximum atomic E-state index is 10.8. The van der Waals surface area contributed by atoms with Crippen molar-refractivity contribution in [2.75, 3.05) is 7.11 Å². The zero-order chi connectivity index (χ0) is 9.84. The molecule has 0 aliphatic heterocycles. The molecule has 0 radical (unpaired) electrons. The summed E-state index contributed by atoms with van der Waals surface area (Å²) >= 11 is 0. The van der Waals surface area contributed by atoms with E-state index in [0.29, 0.717) is 0 Å². The Kier molecular flexibility index (Phi) is 2.73. The summed E-state index contributed by atoms with van der Waals surface area (Å²) in [7, 11) is 1.28. The Morgan fingerprint density at radius 3 is 2.77 bits per heavy atom. The largest absolute Gasteiger partial charge is 0.468 e. The zero-order valence-corrected chi connectivity index (χ0v) is 7.35. The van der Waals surface area contributed by atoms with Gasteiger partial charge >= 0.3 is 5.97 Å². The molecule has 0 saturated heterocycles. The van der Waals surface area contributed by atoms with Gasteiger partial charge in [0.1, 0.15) is 12.2 Å². The molecule has 1 aromatic rings. The van der Waals surface area contributed by atoms with Crippen LogP contribution in [0.4, 0.5) is 0 Å². The Labute approximate surface area is 74.5 Å². The van der Waals surface area contributed by atoms with Gasteiger partial charge in [0.05, 0.1) is 13.3 Å². The average molecular weight is 183 g/mol. The van der Waals surface area contributed by atoms with E-state index in [1.165, 1.54) is 24.9 Å². The van der Waals surface area contributed by atoms with Gasteiger partial charge in [0.2, 0.25) is 0 Å². The molecule has 0 unspecified atom stereocenters. The molecule has 0 saturated carbocycles. The average Bonchev–Trinajstić information content (AvgIpc) is 2.52. The van der Waals surface area contributed by atoms with Crippen molar-refractivity contribution in [3.05, 3.63) is 11.9 Å². The van der Waals surface area contributed by atoms with Crippen molar-refractivity contribution in [1.29, 1.82) is 0 Å². The van der Waals surface area contributed by atoms with Gasteiger partial charge in [-0.1, -0.05) is 5.21 Å². The molecule has 1 heterocycles. The van der Waals surface area contributed by atoms with Gasteiger partial charge in [0, 0.05) is 6.92 Å². The van der Waals surface area contributed by atoms with Crippen molar-refractivity contribution < 1.29 is 14.3 Å². The van der Waals surface area contributed by atoms with Crippen molar-refractivity contribution in [3.63, 3.8) is 0 Å². The molecule has 6 nitrogen and oxygen atoms in total. The Morgan fingerprint density at radius 2 is 2.31 bits per heavy atom. The SMILES string of the molecule is COC(=O)Cn1cc(C(C)=O)nn1. The van der Waals surface area contributed by atoms with Crippen LogP contribution in [-0.2, 0) is 16.1 Å². The second-order valence-electron chi connectivity index (χ2n) is 2.43. The summed E-state index contributed by atoms with van der Waals surface area (Å²) in [6.45, 7) is 1.35. The number of methoxy groups -OCH3 is 1. The summed E-state index contributed by atoms with van der Waals surface area (Å²) in [6.07, 6.45) is 1.40. The molecule has 0 bridgehead atoms. The van der Waals surface area contributed by atoms with E-state index in [0.717, 1.165) is 0 Å². The van der Waals surface area contributed by atoms with E-state index < -0.39 is 5.97 Å². The molecular formula is C7H9N3O3. The number of carbonyl (C=O) groups excluding carboxylic acids is 2. The first kappa shape index (κ1) is 9.37. The Bertz CT molecular complexity index is 331. The molecule has 0 aliphatic rings. The quantitative estimate of drug-likeness (QED) is 0.473. The lowest BCUT2D eigenvalue weighted by Gasteiger charge is -1.96. The van der Waals surface area contributed by atoms with Crippen molar-refractivity contribution in [1.82, 2.24) is 15.0 Å². The van der Waals surface area contributed by atoms with Gasteiger partial charge in [0.25, 0.3) is 0 Å². The minimum atomic E-state index is -0.431. The minimum Gasteiger partial charge on any atom is -0.468 e. The predicted octanol–water partition coefficient (Wildman–Crippen LogP) is -0.346. The van der Waals surface area contributed by atoms with E-state index in [4.69, 9.17) is 0 Å². The van der Waals surface area contributed by atoms with Gasteiger partial charge < -0.3 is 4.74 Å². The van der Waals surface area contributed by atoms with Crippen LogP contribution in [0.2, 0.25) is 0 Å². The number of aromatic nitrogens is 3. The van der Waals surface area contributed by atoms with Crippen molar-refractivity contribution >= 4 is 11.8 Å². The fourth-order valence-corrected chi connectivity index (χ4v) is 0.734. The summed E-state index contributed by atoms with van der Waals surface area (Å²) < 4.78 is 5.66. The lowest BCUT2D eigenvalue weighted by atomic mass is 10.3. The highest BCUT2D eigenvalue weighted by molar-refractivity contribution is 5.91. The molecular weight excluding hydrogens is 174 g/mol. The lowest BCUT2D eigenvalue weighted by Crippen LogP contribution is -2.11. The zero-order valence-electron chi connectivity index (χ0n) is 7.35. The number of hydrogen-bond acceptors (Lipinski definition) is 5. The van der Waals surface area contributed by atoms with Crippen LogP contribution in [0.1, 0.15) is 17.4 Å². The Morgan fingerprint density at radius 1 is 1.62 bits per heavy atom. The van der Waals surface area contributed by atoms with Crippen LogP contribution >= 0.6 is 0 Å². The number of esters is 1. The molecule has 0 aromatic carbocycles. The summed E-state index contributed by atoms with van der Waals surface area (Å²) in [5, 5.41) is 7.13. The first-order chi connectivity index (χ1) is 6.13. The second kappa shape index (κ2) is 3.79. The van der Waals surface area contributed by atoms with Crippen LogP contribution in [0, 0.1) is 0 Å². The number of Topliss-reactive ketones (excluding diaryl/α,β-unsaturated/α-hetero) is 1. The normalized spacial score (nSPS) is 9.69. The molecule has 13 heavy (non-hydrogen) atoms. The molecule has 1 rings (SSSR count). The number of hydrogen-bond donors (Lipinski definition) is 0. The standard InChI is InChI=1S/C7H9N3O3/c1-5(11)6-3-10(9-8-6)4-7(12)13-2/h3H,4H2,1-2H3. The van der Waals surface area contributed by atoms with Gasteiger partial charge in [-0.25, -0.2) is 4.68 Å². The summed E-state index contributed by atoms with van der Waals surface area (Å²) in [4.78, 5) is 21.5.